The van der Waals surface area contributed by atoms with E-state index >= 15 is 0 Å². The third-order valence-corrected chi connectivity index (χ3v) is 7.76. The average molecular weight is 305 g/mol. The van der Waals surface area contributed by atoms with Gasteiger partial charge in [0.1, 0.15) is 0 Å². The van der Waals surface area contributed by atoms with Crippen molar-refractivity contribution in [2.24, 2.45) is 22.8 Å². The average Bonchev–Trinajstić information content (AvgIpc) is 2.52. The molecule has 6 heteroatoms. The van der Waals surface area contributed by atoms with Crippen molar-refractivity contribution in [2.45, 2.75) is 44.6 Å². The quantitative estimate of drug-likeness (QED) is 0.634. The highest BCUT2D eigenvalue weighted by Crippen LogP contribution is 2.42. The van der Waals surface area contributed by atoms with Gasteiger partial charge < -0.3 is 24.7 Å². The molecule has 5 nitrogen and oxygen atoms in total. The molecular weight excluding hydrogens is 272 g/mol. The Kier molecular flexibility index (Phi) is 7.64. The van der Waals surface area contributed by atoms with Gasteiger partial charge in [0.05, 0.1) is 0 Å². The second kappa shape index (κ2) is 8.46. The van der Waals surface area contributed by atoms with Crippen LogP contribution >= 0.6 is 0 Å². The molecular formula is C14H32N2O3Si. The summed E-state index contributed by atoms with van der Waals surface area (Å²) in [6, 6.07) is 0.853. The minimum absolute atomic E-state index is 0.262. The highest BCUT2D eigenvalue weighted by Gasteiger charge is 2.39. The maximum absolute atomic E-state index is 6.08. The van der Waals surface area contributed by atoms with Gasteiger partial charge in [0, 0.05) is 27.4 Å². The summed E-state index contributed by atoms with van der Waals surface area (Å²) < 4.78 is 16.4. The van der Waals surface area contributed by atoms with Crippen molar-refractivity contribution in [1.82, 2.24) is 0 Å². The fourth-order valence-corrected chi connectivity index (χ4v) is 5.26. The van der Waals surface area contributed by atoms with Crippen LogP contribution in [-0.4, -0.2) is 43.2 Å². The molecule has 0 saturated heterocycles. The molecule has 0 aliphatic heterocycles. The van der Waals surface area contributed by atoms with Crippen LogP contribution in [0.2, 0.25) is 6.04 Å². The van der Waals surface area contributed by atoms with Crippen molar-refractivity contribution in [3.05, 3.63) is 0 Å². The summed E-state index contributed by atoms with van der Waals surface area (Å²) >= 11 is 0. The molecule has 0 aromatic carbocycles. The maximum atomic E-state index is 6.08. The smallest absolute Gasteiger partial charge is 0.377 e. The van der Waals surface area contributed by atoms with Gasteiger partial charge in [-0.1, -0.05) is 6.42 Å². The Morgan fingerprint density at radius 3 is 2.30 bits per heavy atom. The Balaban J connectivity index is 2.52. The lowest BCUT2D eigenvalue weighted by molar-refractivity contribution is 0.112. The predicted octanol–water partition coefficient (Wildman–Crippen LogP) is 1.74. The van der Waals surface area contributed by atoms with Gasteiger partial charge in [0.2, 0.25) is 0 Å². The van der Waals surface area contributed by atoms with Crippen LogP contribution in [0.1, 0.15) is 38.5 Å². The van der Waals surface area contributed by atoms with E-state index in [9.17, 15) is 0 Å². The third kappa shape index (κ3) is 4.51. The Bertz CT molecular complexity index is 269. The molecule has 0 radical (unpaired) electrons. The molecule has 1 aliphatic carbocycles. The van der Waals surface area contributed by atoms with Gasteiger partial charge >= 0.3 is 8.80 Å². The summed E-state index contributed by atoms with van der Waals surface area (Å²) in [6.45, 7) is 1.54. The number of nitrogens with two attached hydrogens (primary N) is 2. The van der Waals surface area contributed by atoms with Gasteiger partial charge in [-0.25, -0.2) is 0 Å². The monoisotopic (exact) mass is 304 g/mol. The van der Waals surface area contributed by atoms with Crippen molar-refractivity contribution >= 4 is 8.80 Å². The van der Waals surface area contributed by atoms with Gasteiger partial charge in [-0.2, -0.15) is 0 Å². The Labute approximate surface area is 124 Å². The van der Waals surface area contributed by atoms with E-state index in [2.05, 4.69) is 0 Å². The molecule has 120 valence electrons. The van der Waals surface area contributed by atoms with Gasteiger partial charge in [-0.05, 0) is 56.5 Å². The first kappa shape index (κ1) is 18.1. The van der Waals surface area contributed by atoms with E-state index in [1.807, 2.05) is 0 Å². The first-order valence-electron chi connectivity index (χ1n) is 7.65. The van der Waals surface area contributed by atoms with Crippen LogP contribution in [0.15, 0.2) is 0 Å². The highest BCUT2D eigenvalue weighted by atomic mass is 28.4. The fraction of sp³-hybridized carbons (Fsp3) is 1.00. The van der Waals surface area contributed by atoms with E-state index < -0.39 is 8.80 Å². The molecule has 4 N–H and O–H groups in total. The molecule has 1 aliphatic rings. The largest absolute Gasteiger partial charge is 0.500 e. The van der Waals surface area contributed by atoms with Crippen LogP contribution in [0.4, 0.5) is 0 Å². The van der Waals surface area contributed by atoms with Crippen molar-refractivity contribution < 1.29 is 13.3 Å². The summed E-state index contributed by atoms with van der Waals surface area (Å²) in [6.07, 6.45) is 7.05. The fourth-order valence-electron chi connectivity index (χ4n) is 3.53. The number of rotatable bonds is 9. The molecule has 1 fully saturated rings. The van der Waals surface area contributed by atoms with E-state index in [1.54, 1.807) is 21.3 Å². The predicted molar refractivity (Wildman–Crippen MR) is 83.3 cm³/mol. The zero-order chi connectivity index (χ0) is 15.1. The van der Waals surface area contributed by atoms with Crippen molar-refractivity contribution in [2.75, 3.05) is 34.4 Å². The van der Waals surface area contributed by atoms with E-state index in [-0.39, 0.29) is 5.41 Å². The van der Waals surface area contributed by atoms with Gasteiger partial charge in [0.25, 0.3) is 0 Å². The summed E-state index contributed by atoms with van der Waals surface area (Å²) in [5.74, 6) is 0.640. The molecule has 2 unspecified atom stereocenters. The van der Waals surface area contributed by atoms with Crippen molar-refractivity contribution in [3.8, 4) is 0 Å². The molecule has 1 rings (SSSR count). The standard InChI is InChI=1S/C14H32N2O3Si/c1-17-20(18-2,19-3)9-5-8-14(12-16)7-4-6-13(10-14)11-15/h13H,4-12,15-16H2,1-3H3. The Morgan fingerprint density at radius 2 is 1.80 bits per heavy atom. The van der Waals surface area contributed by atoms with E-state index in [1.165, 1.54) is 25.7 Å². The highest BCUT2D eigenvalue weighted by molar-refractivity contribution is 6.60. The molecule has 0 spiro atoms. The zero-order valence-corrected chi connectivity index (χ0v) is 14.3. The SMILES string of the molecule is CO[Si](CCCC1(CN)CCCC(CN)C1)(OC)OC. The second-order valence-electron chi connectivity index (χ2n) is 6.05. The summed E-state index contributed by atoms with van der Waals surface area (Å²) in [4.78, 5) is 0. The molecule has 1 saturated carbocycles. The summed E-state index contributed by atoms with van der Waals surface area (Å²) in [7, 11) is 2.57. The van der Waals surface area contributed by atoms with E-state index in [4.69, 9.17) is 24.7 Å². The van der Waals surface area contributed by atoms with E-state index in [0.29, 0.717) is 5.92 Å². The topological polar surface area (TPSA) is 79.7 Å². The van der Waals surface area contributed by atoms with Crippen LogP contribution in [0.3, 0.4) is 0 Å². The molecule has 20 heavy (non-hydrogen) atoms. The lowest BCUT2D eigenvalue weighted by atomic mass is 9.67. The maximum Gasteiger partial charge on any atom is 0.500 e. The van der Waals surface area contributed by atoms with Crippen molar-refractivity contribution in [3.63, 3.8) is 0 Å². The zero-order valence-electron chi connectivity index (χ0n) is 13.3. The molecule has 0 heterocycles. The summed E-state index contributed by atoms with van der Waals surface area (Å²) in [5.41, 5.74) is 12.2. The lowest BCUT2D eigenvalue weighted by Crippen LogP contribution is -2.43. The first-order chi connectivity index (χ1) is 9.59. The molecule has 0 bridgehead atoms. The third-order valence-electron chi connectivity index (χ3n) is 4.93. The Morgan fingerprint density at radius 1 is 1.15 bits per heavy atom. The normalized spacial score (nSPS) is 27.8. The van der Waals surface area contributed by atoms with Crippen LogP contribution in [0.5, 0.6) is 0 Å². The Hall–Kier alpha value is 0.0169. The van der Waals surface area contributed by atoms with E-state index in [0.717, 1.165) is 32.0 Å². The molecule has 0 aromatic heterocycles. The number of hydrogen-bond donors (Lipinski definition) is 2. The van der Waals surface area contributed by atoms with Crippen LogP contribution in [-0.2, 0) is 13.3 Å². The van der Waals surface area contributed by atoms with Crippen LogP contribution < -0.4 is 11.5 Å². The minimum Gasteiger partial charge on any atom is -0.377 e. The minimum atomic E-state index is -2.44. The molecule has 2 atom stereocenters. The lowest BCUT2D eigenvalue weighted by Gasteiger charge is -2.40. The van der Waals surface area contributed by atoms with Gasteiger partial charge in [0.15, 0.2) is 0 Å². The summed E-state index contributed by atoms with van der Waals surface area (Å²) in [5, 5.41) is 0. The van der Waals surface area contributed by atoms with Crippen LogP contribution in [0.25, 0.3) is 0 Å². The van der Waals surface area contributed by atoms with Gasteiger partial charge in [-0.15, -0.1) is 0 Å². The second-order valence-corrected chi connectivity index (χ2v) is 9.14. The van der Waals surface area contributed by atoms with Crippen LogP contribution in [0, 0.1) is 11.3 Å². The number of hydrogen-bond acceptors (Lipinski definition) is 5. The van der Waals surface area contributed by atoms with Gasteiger partial charge in [-0.3, -0.25) is 0 Å². The van der Waals surface area contributed by atoms with Crippen molar-refractivity contribution in [1.29, 1.82) is 0 Å². The molecule has 0 aromatic rings. The molecule has 0 amide bonds. The first-order valence-corrected chi connectivity index (χ1v) is 9.58.